The molecular weight excluding hydrogens is 539 g/mol. The van der Waals surface area contributed by atoms with Gasteiger partial charge in [0.15, 0.2) is 0 Å². The Morgan fingerprint density at radius 3 is 2.34 bits per heavy atom. The van der Waals surface area contributed by atoms with Crippen LogP contribution in [0.25, 0.3) is 0 Å². The van der Waals surface area contributed by atoms with E-state index in [0.717, 1.165) is 9.13 Å². The molecule has 0 saturated carbocycles. The van der Waals surface area contributed by atoms with E-state index < -0.39 is 22.0 Å². The monoisotopic (exact) mass is 564 g/mol. The molecule has 0 unspecified atom stereocenters. The lowest BCUT2D eigenvalue weighted by Crippen LogP contribution is -2.45. The van der Waals surface area contributed by atoms with Crippen molar-refractivity contribution in [1.82, 2.24) is 4.72 Å². The number of anilines is 1. The number of carbonyl (C=O) groups excluding carboxylic acids is 1. The van der Waals surface area contributed by atoms with Crippen LogP contribution in [-0.4, -0.2) is 27.0 Å². The number of amides is 1. The molecule has 0 heterocycles. The van der Waals surface area contributed by atoms with Gasteiger partial charge in [-0.25, -0.2) is 8.42 Å². The number of hydrogen-bond donors (Lipinski definition) is 2. The average Bonchev–Trinajstić information content (AvgIpc) is 2.77. The van der Waals surface area contributed by atoms with Crippen molar-refractivity contribution in [2.45, 2.75) is 31.2 Å². The topological polar surface area (TPSA) is 84.5 Å². The molecule has 1 atom stereocenters. The summed E-state index contributed by atoms with van der Waals surface area (Å²) >= 11 is 2.18. The third kappa shape index (κ3) is 6.54. The van der Waals surface area contributed by atoms with Crippen LogP contribution in [-0.2, 0) is 21.2 Å². The van der Waals surface area contributed by atoms with Gasteiger partial charge >= 0.3 is 0 Å². The van der Waals surface area contributed by atoms with E-state index in [-0.39, 0.29) is 11.3 Å². The number of nitrogens with one attached hydrogen (secondary N) is 2. The van der Waals surface area contributed by atoms with Crippen molar-refractivity contribution in [2.75, 3.05) is 11.9 Å². The highest BCUT2D eigenvalue weighted by atomic mass is 127. The molecule has 0 aliphatic carbocycles. The minimum absolute atomic E-state index is 0.0820. The fraction of sp³-hybridized carbons (Fsp3) is 0.208. The predicted octanol–water partition coefficient (Wildman–Crippen LogP) is 4.53. The van der Waals surface area contributed by atoms with Crippen LogP contribution in [0.15, 0.2) is 77.7 Å². The Kier molecular flexibility index (Phi) is 8.27. The number of halogens is 1. The van der Waals surface area contributed by atoms with Crippen LogP contribution in [0, 0.1) is 10.5 Å². The molecule has 32 heavy (non-hydrogen) atoms. The molecule has 168 valence electrons. The summed E-state index contributed by atoms with van der Waals surface area (Å²) in [5, 5.41) is 2.81. The van der Waals surface area contributed by atoms with Gasteiger partial charge in [0.1, 0.15) is 11.8 Å². The summed E-state index contributed by atoms with van der Waals surface area (Å²) in [4.78, 5) is 13.1. The normalized spacial score (nSPS) is 12.2. The molecule has 0 saturated heterocycles. The molecular formula is C24H25IN2O4S. The lowest BCUT2D eigenvalue weighted by Gasteiger charge is -2.19. The molecule has 0 fully saturated rings. The Bertz CT molecular complexity index is 1170. The van der Waals surface area contributed by atoms with Crippen LogP contribution in [0.5, 0.6) is 5.75 Å². The molecule has 0 radical (unpaired) electrons. The van der Waals surface area contributed by atoms with E-state index in [1.807, 2.05) is 49.4 Å². The zero-order chi connectivity index (χ0) is 23.1. The van der Waals surface area contributed by atoms with E-state index in [0.29, 0.717) is 23.6 Å². The van der Waals surface area contributed by atoms with Crippen LogP contribution in [0.1, 0.15) is 18.1 Å². The number of rotatable bonds is 9. The number of carbonyl (C=O) groups is 1. The van der Waals surface area contributed by atoms with E-state index in [1.165, 1.54) is 6.07 Å². The zero-order valence-corrected chi connectivity index (χ0v) is 20.8. The van der Waals surface area contributed by atoms with Gasteiger partial charge in [0.25, 0.3) is 0 Å². The highest BCUT2D eigenvalue weighted by Crippen LogP contribution is 2.22. The highest BCUT2D eigenvalue weighted by Gasteiger charge is 2.26. The van der Waals surface area contributed by atoms with Crippen LogP contribution >= 0.6 is 22.6 Å². The Morgan fingerprint density at radius 2 is 1.72 bits per heavy atom. The van der Waals surface area contributed by atoms with Gasteiger partial charge in [0, 0.05) is 9.26 Å². The van der Waals surface area contributed by atoms with Crippen molar-refractivity contribution < 1.29 is 17.9 Å². The largest absolute Gasteiger partial charge is 0.494 e. The van der Waals surface area contributed by atoms with E-state index in [2.05, 4.69) is 32.6 Å². The zero-order valence-electron chi connectivity index (χ0n) is 17.8. The molecule has 3 rings (SSSR count). The van der Waals surface area contributed by atoms with E-state index in [4.69, 9.17) is 4.74 Å². The number of hydrogen-bond acceptors (Lipinski definition) is 4. The molecule has 1 amide bonds. The van der Waals surface area contributed by atoms with Crippen molar-refractivity contribution in [3.05, 3.63) is 87.5 Å². The second-order valence-corrected chi connectivity index (χ2v) is 10.2. The molecule has 0 aromatic heterocycles. The van der Waals surface area contributed by atoms with Gasteiger partial charge in [-0.1, -0.05) is 30.3 Å². The first kappa shape index (κ1) is 24.2. The SMILES string of the molecule is CCOc1ccc(S(=O)(=O)N[C@H](Cc2ccccc2)C(=O)Nc2ccc(I)cc2)cc1C. The first-order chi connectivity index (χ1) is 15.3. The molecule has 3 aromatic carbocycles. The molecule has 0 aliphatic rings. The third-order valence-electron chi connectivity index (χ3n) is 4.76. The summed E-state index contributed by atoms with van der Waals surface area (Å²) < 4.78 is 35.4. The van der Waals surface area contributed by atoms with Gasteiger partial charge in [-0.15, -0.1) is 0 Å². The van der Waals surface area contributed by atoms with Crippen LogP contribution in [0.3, 0.4) is 0 Å². The van der Waals surface area contributed by atoms with Crippen molar-refractivity contribution in [2.24, 2.45) is 0 Å². The minimum atomic E-state index is -3.95. The summed E-state index contributed by atoms with van der Waals surface area (Å²) in [6, 6.07) is 20.3. The number of sulfonamides is 1. The molecule has 3 aromatic rings. The summed E-state index contributed by atoms with van der Waals surface area (Å²) in [6.07, 6.45) is 0.215. The van der Waals surface area contributed by atoms with Gasteiger partial charge in [0.05, 0.1) is 11.5 Å². The van der Waals surface area contributed by atoms with E-state index in [1.54, 1.807) is 31.2 Å². The van der Waals surface area contributed by atoms with Gasteiger partial charge in [-0.3, -0.25) is 4.79 Å². The second-order valence-electron chi connectivity index (χ2n) is 7.22. The fourth-order valence-electron chi connectivity index (χ4n) is 3.16. The van der Waals surface area contributed by atoms with Crippen molar-refractivity contribution in [3.8, 4) is 5.75 Å². The first-order valence-corrected chi connectivity index (χ1v) is 12.7. The summed E-state index contributed by atoms with van der Waals surface area (Å²) in [5.74, 6) is 0.199. The molecule has 0 spiro atoms. The Labute approximate surface area is 202 Å². The van der Waals surface area contributed by atoms with E-state index >= 15 is 0 Å². The highest BCUT2D eigenvalue weighted by molar-refractivity contribution is 14.1. The molecule has 6 nitrogen and oxygen atoms in total. The predicted molar refractivity (Wildman–Crippen MR) is 134 cm³/mol. The third-order valence-corrected chi connectivity index (χ3v) is 6.95. The summed E-state index contributed by atoms with van der Waals surface area (Å²) in [7, 11) is -3.95. The smallest absolute Gasteiger partial charge is 0.242 e. The summed E-state index contributed by atoms with van der Waals surface area (Å²) in [5.41, 5.74) is 2.16. The fourth-order valence-corrected chi connectivity index (χ4v) is 4.80. The number of ether oxygens (including phenoxy) is 1. The van der Waals surface area contributed by atoms with Crippen LogP contribution in [0.2, 0.25) is 0 Å². The van der Waals surface area contributed by atoms with Crippen molar-refractivity contribution in [1.29, 1.82) is 0 Å². The summed E-state index contributed by atoms with van der Waals surface area (Å²) in [6.45, 7) is 4.14. The Balaban J connectivity index is 1.86. The maximum atomic E-state index is 13.1. The first-order valence-electron chi connectivity index (χ1n) is 10.1. The molecule has 2 N–H and O–H groups in total. The average molecular weight is 564 g/mol. The minimum Gasteiger partial charge on any atom is -0.494 e. The Morgan fingerprint density at radius 1 is 1.03 bits per heavy atom. The lowest BCUT2D eigenvalue weighted by molar-refractivity contribution is -0.117. The van der Waals surface area contributed by atoms with E-state index in [9.17, 15) is 13.2 Å². The maximum absolute atomic E-state index is 13.1. The van der Waals surface area contributed by atoms with Gasteiger partial charge in [-0.2, -0.15) is 4.72 Å². The van der Waals surface area contributed by atoms with Crippen molar-refractivity contribution in [3.63, 3.8) is 0 Å². The van der Waals surface area contributed by atoms with Crippen LogP contribution in [0.4, 0.5) is 5.69 Å². The lowest BCUT2D eigenvalue weighted by atomic mass is 10.1. The van der Waals surface area contributed by atoms with Crippen molar-refractivity contribution >= 4 is 44.2 Å². The molecule has 0 aliphatic heterocycles. The van der Waals surface area contributed by atoms with Gasteiger partial charge in [0.2, 0.25) is 15.9 Å². The molecule has 8 heteroatoms. The molecule has 0 bridgehead atoms. The maximum Gasteiger partial charge on any atom is 0.242 e. The van der Waals surface area contributed by atoms with Crippen LogP contribution < -0.4 is 14.8 Å². The van der Waals surface area contributed by atoms with Gasteiger partial charge < -0.3 is 10.1 Å². The Hall–Kier alpha value is -2.43. The number of aryl methyl sites for hydroxylation is 1. The number of benzene rings is 3. The standard InChI is InChI=1S/C24H25IN2O4S/c1-3-31-23-14-13-21(15-17(23)2)32(29,30)27-22(16-18-7-5-4-6-8-18)24(28)26-20-11-9-19(25)10-12-20/h4-15,22,27H,3,16H2,1-2H3,(H,26,28)/t22-/m1/s1. The quantitative estimate of drug-likeness (QED) is 0.375. The van der Waals surface area contributed by atoms with Gasteiger partial charge in [-0.05, 0) is 96.5 Å². The second kappa shape index (κ2) is 10.9.